The van der Waals surface area contributed by atoms with E-state index in [1.165, 1.54) is 6.07 Å². The number of aromatic nitrogens is 5. The summed E-state index contributed by atoms with van der Waals surface area (Å²) in [6.07, 6.45) is 4.12. The average Bonchev–Trinajstić information content (AvgIpc) is 3.42. The first-order valence-electron chi connectivity index (χ1n) is 11.5. The zero-order valence-electron chi connectivity index (χ0n) is 18.4. The zero-order chi connectivity index (χ0) is 22.5. The number of rotatable bonds is 4. The number of nitrogens with zero attached hydrogens (tertiary/aromatic N) is 7. The van der Waals surface area contributed by atoms with Crippen molar-refractivity contribution in [2.45, 2.75) is 45.2 Å². The lowest BCUT2D eigenvalue weighted by Gasteiger charge is -2.37. The Morgan fingerprint density at radius 3 is 2.55 bits per heavy atom. The van der Waals surface area contributed by atoms with E-state index in [0.717, 1.165) is 51.4 Å². The molecule has 3 aromatic rings. The maximum absolute atomic E-state index is 13.9. The van der Waals surface area contributed by atoms with Crippen molar-refractivity contribution in [3.63, 3.8) is 0 Å². The SMILES string of the molecule is Cc1noc(N2CC3CC[C@@H](C2)[C@@H]3Nc2nc3n(n2)CCCCN3c2ccc(F)c(F)c2)n1. The van der Waals surface area contributed by atoms with Gasteiger partial charge in [-0.25, -0.2) is 13.5 Å². The van der Waals surface area contributed by atoms with Crippen molar-refractivity contribution in [2.75, 3.05) is 34.8 Å². The Balaban J connectivity index is 1.22. The molecule has 174 valence electrons. The minimum atomic E-state index is -0.860. The molecule has 1 unspecified atom stereocenters. The van der Waals surface area contributed by atoms with E-state index in [1.54, 1.807) is 6.07 Å². The molecule has 2 fully saturated rings. The van der Waals surface area contributed by atoms with Crippen molar-refractivity contribution in [3.8, 4) is 0 Å². The van der Waals surface area contributed by atoms with Crippen LogP contribution in [0.4, 0.5) is 32.4 Å². The number of benzene rings is 1. The number of piperidine rings is 1. The Hall–Kier alpha value is -3.24. The van der Waals surface area contributed by atoms with E-state index in [1.807, 2.05) is 16.5 Å². The molecule has 3 aliphatic rings. The second-order valence-electron chi connectivity index (χ2n) is 9.21. The topological polar surface area (TPSA) is 88.1 Å². The summed E-state index contributed by atoms with van der Waals surface area (Å²) < 4.78 is 34.6. The maximum Gasteiger partial charge on any atom is 0.324 e. The van der Waals surface area contributed by atoms with Gasteiger partial charge in [0.25, 0.3) is 0 Å². The van der Waals surface area contributed by atoms with Gasteiger partial charge >= 0.3 is 6.01 Å². The second-order valence-corrected chi connectivity index (χ2v) is 9.21. The normalized spacial score (nSPS) is 24.6. The highest BCUT2D eigenvalue weighted by atomic mass is 19.2. The molecule has 2 aliphatic heterocycles. The molecule has 9 nitrogen and oxygen atoms in total. The van der Waals surface area contributed by atoms with Crippen molar-refractivity contribution < 1.29 is 13.3 Å². The smallest absolute Gasteiger partial charge is 0.324 e. The van der Waals surface area contributed by atoms with E-state index in [0.29, 0.717) is 47.8 Å². The van der Waals surface area contributed by atoms with Crippen LogP contribution in [0.3, 0.4) is 0 Å². The molecule has 4 heterocycles. The van der Waals surface area contributed by atoms with Crippen LogP contribution in [0, 0.1) is 30.4 Å². The van der Waals surface area contributed by atoms with Crippen LogP contribution in [0.1, 0.15) is 31.5 Å². The molecule has 1 aromatic carbocycles. The quantitative estimate of drug-likeness (QED) is 0.638. The number of fused-ring (bicyclic) bond motifs is 3. The largest absolute Gasteiger partial charge is 0.349 e. The molecule has 1 N–H and O–H groups in total. The summed E-state index contributed by atoms with van der Waals surface area (Å²) in [4.78, 5) is 13.3. The minimum Gasteiger partial charge on any atom is -0.349 e. The summed E-state index contributed by atoms with van der Waals surface area (Å²) >= 11 is 0. The van der Waals surface area contributed by atoms with Crippen LogP contribution in [0.2, 0.25) is 0 Å². The molecule has 11 heteroatoms. The molecule has 1 aliphatic carbocycles. The molecular weight excluding hydrogens is 430 g/mol. The van der Waals surface area contributed by atoms with Crippen LogP contribution in [-0.2, 0) is 6.54 Å². The number of hydrogen-bond acceptors (Lipinski definition) is 8. The third kappa shape index (κ3) is 3.68. The van der Waals surface area contributed by atoms with E-state index in [9.17, 15) is 8.78 Å². The van der Waals surface area contributed by atoms with Crippen LogP contribution in [0.5, 0.6) is 0 Å². The Bertz CT molecular complexity index is 1150. The van der Waals surface area contributed by atoms with E-state index >= 15 is 0 Å². The summed E-state index contributed by atoms with van der Waals surface area (Å²) in [5, 5.41) is 12.2. The van der Waals surface area contributed by atoms with Gasteiger partial charge < -0.3 is 19.6 Å². The van der Waals surface area contributed by atoms with Gasteiger partial charge in [0, 0.05) is 44.0 Å². The van der Waals surface area contributed by atoms with Gasteiger partial charge in [0.1, 0.15) is 0 Å². The van der Waals surface area contributed by atoms with Crippen molar-refractivity contribution in [1.29, 1.82) is 0 Å². The molecule has 1 saturated heterocycles. The summed E-state index contributed by atoms with van der Waals surface area (Å²) in [6.45, 7) is 4.95. The van der Waals surface area contributed by atoms with Crippen molar-refractivity contribution >= 4 is 23.6 Å². The molecule has 0 spiro atoms. The third-order valence-electron chi connectivity index (χ3n) is 7.03. The first-order chi connectivity index (χ1) is 16.0. The van der Waals surface area contributed by atoms with Gasteiger partial charge in [-0.3, -0.25) is 0 Å². The Labute approximate surface area is 189 Å². The monoisotopic (exact) mass is 456 g/mol. The fourth-order valence-electron chi connectivity index (χ4n) is 5.45. The fraction of sp³-hybridized carbons (Fsp3) is 0.545. The average molecular weight is 457 g/mol. The molecule has 1 saturated carbocycles. The second kappa shape index (κ2) is 7.96. The number of aryl methyl sites for hydroxylation is 2. The summed E-state index contributed by atoms with van der Waals surface area (Å²) in [5.74, 6) is 1.04. The standard InChI is InChI=1S/C22H26F2N8O/c1-13-25-22(33-29-13)30-11-14-4-5-15(12-30)19(14)26-20-27-21-31(8-2-3-9-32(21)28-20)16-6-7-17(23)18(24)10-16/h6-7,10,14-15,19H,2-5,8-9,11-12H2,1H3,(H,26,28)/t14-,15?,19-/m0/s1. The van der Waals surface area contributed by atoms with Crippen LogP contribution >= 0.6 is 0 Å². The zero-order valence-corrected chi connectivity index (χ0v) is 18.4. The molecule has 6 rings (SSSR count). The number of halogens is 2. The molecule has 3 atom stereocenters. The molecular formula is C22H26F2N8O. The van der Waals surface area contributed by atoms with Crippen molar-refractivity contribution in [3.05, 3.63) is 35.7 Å². The van der Waals surface area contributed by atoms with Crippen LogP contribution in [0.15, 0.2) is 22.7 Å². The molecule has 0 radical (unpaired) electrons. The predicted octanol–water partition coefficient (Wildman–Crippen LogP) is 3.51. The molecule has 2 aromatic heterocycles. The van der Waals surface area contributed by atoms with Gasteiger partial charge in [-0.05, 0) is 56.6 Å². The Kier molecular flexibility index (Phi) is 4.92. The van der Waals surface area contributed by atoms with Crippen LogP contribution < -0.4 is 15.1 Å². The number of nitrogens with one attached hydrogen (secondary N) is 1. The van der Waals surface area contributed by atoms with Crippen LogP contribution in [0.25, 0.3) is 0 Å². The van der Waals surface area contributed by atoms with Gasteiger partial charge in [-0.15, -0.1) is 5.10 Å². The van der Waals surface area contributed by atoms with E-state index in [2.05, 4.69) is 20.4 Å². The summed E-state index contributed by atoms with van der Waals surface area (Å²) in [6, 6.07) is 4.84. The maximum atomic E-state index is 13.9. The highest BCUT2D eigenvalue weighted by Gasteiger charge is 2.44. The molecule has 33 heavy (non-hydrogen) atoms. The number of hydrogen-bond donors (Lipinski definition) is 1. The Morgan fingerprint density at radius 1 is 1.03 bits per heavy atom. The first kappa shape index (κ1) is 20.4. The first-order valence-corrected chi connectivity index (χ1v) is 11.5. The highest BCUT2D eigenvalue weighted by molar-refractivity contribution is 5.59. The number of anilines is 4. The van der Waals surface area contributed by atoms with E-state index < -0.39 is 11.6 Å². The molecule has 0 amide bonds. The lowest BCUT2D eigenvalue weighted by Crippen LogP contribution is -2.48. The van der Waals surface area contributed by atoms with Gasteiger partial charge in [0.15, 0.2) is 17.5 Å². The Morgan fingerprint density at radius 2 is 1.82 bits per heavy atom. The van der Waals surface area contributed by atoms with E-state index in [-0.39, 0.29) is 6.04 Å². The summed E-state index contributed by atoms with van der Waals surface area (Å²) in [7, 11) is 0. The van der Waals surface area contributed by atoms with Crippen molar-refractivity contribution in [1.82, 2.24) is 24.9 Å². The molecule has 2 bridgehead atoms. The summed E-state index contributed by atoms with van der Waals surface area (Å²) in [5.41, 5.74) is 0.583. The fourth-order valence-corrected chi connectivity index (χ4v) is 5.45. The van der Waals surface area contributed by atoms with Gasteiger partial charge in [0.2, 0.25) is 11.9 Å². The van der Waals surface area contributed by atoms with Gasteiger partial charge in [-0.1, -0.05) is 5.16 Å². The van der Waals surface area contributed by atoms with Gasteiger partial charge in [0.05, 0.1) is 0 Å². The van der Waals surface area contributed by atoms with Gasteiger partial charge in [-0.2, -0.15) is 9.97 Å². The van der Waals surface area contributed by atoms with Crippen LogP contribution in [-0.4, -0.2) is 50.6 Å². The third-order valence-corrected chi connectivity index (χ3v) is 7.03. The van der Waals surface area contributed by atoms with Crippen molar-refractivity contribution in [2.24, 2.45) is 11.8 Å². The predicted molar refractivity (Wildman–Crippen MR) is 117 cm³/mol. The lowest BCUT2D eigenvalue weighted by molar-refractivity contribution is 0.340. The lowest BCUT2D eigenvalue weighted by atomic mass is 9.92. The minimum absolute atomic E-state index is 0.272. The van der Waals surface area contributed by atoms with E-state index in [4.69, 9.17) is 14.6 Å². The highest BCUT2D eigenvalue weighted by Crippen LogP contribution is 2.40.